The van der Waals surface area contributed by atoms with Gasteiger partial charge in [0, 0.05) is 10.5 Å². The van der Waals surface area contributed by atoms with E-state index in [1.165, 1.54) is 12.1 Å². The molecule has 1 rings (SSSR count). The monoisotopic (exact) mass is 260 g/mol. The normalized spacial score (nSPS) is 12.5. The molecule has 1 atom stereocenters. The second-order valence-electron chi connectivity index (χ2n) is 2.72. The van der Waals surface area contributed by atoms with Gasteiger partial charge in [0.2, 0.25) is 0 Å². The minimum atomic E-state index is -0.248. The molecule has 0 aromatic heterocycles. The van der Waals surface area contributed by atoms with E-state index in [0.29, 0.717) is 10.5 Å². The van der Waals surface area contributed by atoms with Gasteiger partial charge < -0.3 is 5.11 Å². The molecule has 13 heavy (non-hydrogen) atoms. The summed E-state index contributed by atoms with van der Waals surface area (Å²) < 4.78 is 0. The summed E-state index contributed by atoms with van der Waals surface area (Å²) in [5, 5.41) is 9.21. The molecule has 0 amide bonds. The molecule has 0 saturated heterocycles. The predicted octanol–water partition coefficient (Wildman–Crippen LogP) is 2.65. The summed E-state index contributed by atoms with van der Waals surface area (Å²) in [6, 6.07) is 4.54. The van der Waals surface area contributed by atoms with Crippen LogP contribution in [0, 0.1) is 0 Å². The first kappa shape index (κ1) is 10.6. The Morgan fingerprint density at radius 3 is 2.62 bits per heavy atom. The number of Topliss-reactive ketones (excluding diaryl/α,β-unsaturated/α-hetero) is 1. The van der Waals surface area contributed by atoms with Crippen LogP contribution < -0.4 is 0 Å². The smallest absolute Gasteiger partial charge is 0.176 e. The summed E-state index contributed by atoms with van der Waals surface area (Å²) in [6.45, 7) is 1.74. The van der Waals surface area contributed by atoms with Crippen LogP contribution >= 0.6 is 28.6 Å². The Labute approximate surface area is 90.5 Å². The average molecular weight is 261 g/mol. The lowest BCUT2D eigenvalue weighted by atomic mass is 10.1. The SMILES string of the molecule is CC(Br)C(=O)c1cc(O)cc(S)c1. The van der Waals surface area contributed by atoms with E-state index in [0.717, 1.165) is 0 Å². The van der Waals surface area contributed by atoms with Crippen LogP contribution in [0.1, 0.15) is 17.3 Å². The summed E-state index contributed by atoms with van der Waals surface area (Å²) in [5.41, 5.74) is 0.467. The van der Waals surface area contributed by atoms with Gasteiger partial charge in [-0.05, 0) is 25.1 Å². The molecular formula is C9H9BrO2S. The van der Waals surface area contributed by atoms with Gasteiger partial charge in [-0.2, -0.15) is 0 Å². The Balaban J connectivity index is 3.08. The number of halogens is 1. The van der Waals surface area contributed by atoms with Crippen LogP contribution in [0.5, 0.6) is 5.75 Å². The average Bonchev–Trinajstić information content (AvgIpc) is 2.01. The number of phenols is 1. The quantitative estimate of drug-likeness (QED) is 0.488. The van der Waals surface area contributed by atoms with Crippen LogP contribution in [0.15, 0.2) is 23.1 Å². The van der Waals surface area contributed by atoms with Crippen molar-refractivity contribution in [3.63, 3.8) is 0 Å². The molecule has 1 unspecified atom stereocenters. The first-order valence-electron chi connectivity index (χ1n) is 3.72. The van der Waals surface area contributed by atoms with Gasteiger partial charge in [0.25, 0.3) is 0 Å². The molecule has 0 bridgehead atoms. The molecule has 0 aliphatic rings. The number of carbonyl (C=O) groups is 1. The molecule has 0 aliphatic carbocycles. The topological polar surface area (TPSA) is 37.3 Å². The summed E-state index contributed by atoms with van der Waals surface area (Å²) >= 11 is 7.23. The third-order valence-electron chi connectivity index (χ3n) is 1.55. The van der Waals surface area contributed by atoms with Crippen molar-refractivity contribution in [2.24, 2.45) is 0 Å². The van der Waals surface area contributed by atoms with Gasteiger partial charge >= 0.3 is 0 Å². The zero-order valence-electron chi connectivity index (χ0n) is 6.99. The van der Waals surface area contributed by atoms with E-state index in [4.69, 9.17) is 0 Å². The summed E-state index contributed by atoms with van der Waals surface area (Å²) in [6.07, 6.45) is 0. The third-order valence-corrected chi connectivity index (χ3v) is 2.22. The van der Waals surface area contributed by atoms with E-state index in [1.54, 1.807) is 13.0 Å². The van der Waals surface area contributed by atoms with Crippen LogP contribution in [-0.4, -0.2) is 15.7 Å². The van der Waals surface area contributed by atoms with E-state index in [9.17, 15) is 9.90 Å². The van der Waals surface area contributed by atoms with Crippen LogP contribution in [-0.2, 0) is 0 Å². The van der Waals surface area contributed by atoms with Crippen LogP contribution in [0.4, 0.5) is 0 Å². The van der Waals surface area contributed by atoms with Gasteiger partial charge in [0.15, 0.2) is 5.78 Å². The zero-order valence-corrected chi connectivity index (χ0v) is 9.47. The number of thiol groups is 1. The van der Waals surface area contributed by atoms with Crippen LogP contribution in [0.3, 0.4) is 0 Å². The maximum atomic E-state index is 11.5. The highest BCUT2D eigenvalue weighted by molar-refractivity contribution is 9.10. The van der Waals surface area contributed by atoms with Gasteiger partial charge in [-0.3, -0.25) is 4.79 Å². The second-order valence-corrected chi connectivity index (χ2v) is 4.61. The highest BCUT2D eigenvalue weighted by Gasteiger charge is 2.12. The summed E-state index contributed by atoms with van der Waals surface area (Å²) in [5.74, 6) is -0.00444. The highest BCUT2D eigenvalue weighted by atomic mass is 79.9. The first-order valence-corrected chi connectivity index (χ1v) is 5.08. The standard InChI is InChI=1S/C9H9BrO2S/c1-5(10)9(12)6-2-7(11)4-8(13)3-6/h2-5,11,13H,1H3. The van der Waals surface area contributed by atoms with E-state index in [-0.39, 0.29) is 16.4 Å². The predicted molar refractivity (Wildman–Crippen MR) is 58.1 cm³/mol. The van der Waals surface area contributed by atoms with E-state index >= 15 is 0 Å². The van der Waals surface area contributed by atoms with Gasteiger partial charge in [-0.1, -0.05) is 15.9 Å². The fourth-order valence-electron chi connectivity index (χ4n) is 0.967. The number of ketones is 1. The fraction of sp³-hybridized carbons (Fsp3) is 0.222. The molecule has 4 heteroatoms. The Hall–Kier alpha value is -0.480. The van der Waals surface area contributed by atoms with Crippen molar-refractivity contribution in [3.05, 3.63) is 23.8 Å². The molecule has 70 valence electrons. The Kier molecular flexibility index (Phi) is 3.39. The number of hydrogen-bond donors (Lipinski definition) is 2. The maximum absolute atomic E-state index is 11.5. The minimum absolute atomic E-state index is 0.0593. The number of alkyl halides is 1. The highest BCUT2D eigenvalue weighted by Crippen LogP contribution is 2.20. The van der Waals surface area contributed by atoms with E-state index in [2.05, 4.69) is 28.6 Å². The van der Waals surface area contributed by atoms with Crippen LogP contribution in [0.2, 0.25) is 0 Å². The van der Waals surface area contributed by atoms with Gasteiger partial charge in [0.1, 0.15) is 5.75 Å². The first-order chi connectivity index (χ1) is 6.00. The number of hydrogen-bond acceptors (Lipinski definition) is 3. The molecule has 1 aromatic carbocycles. The lowest BCUT2D eigenvalue weighted by Crippen LogP contribution is -2.09. The van der Waals surface area contributed by atoms with Gasteiger partial charge in [0.05, 0.1) is 4.83 Å². The summed E-state index contributed by atoms with van der Waals surface area (Å²) in [4.78, 5) is 11.8. The van der Waals surface area contributed by atoms with Crippen molar-refractivity contribution < 1.29 is 9.90 Å². The Bertz CT molecular complexity index is 316. The van der Waals surface area contributed by atoms with Crippen molar-refractivity contribution in [1.29, 1.82) is 0 Å². The molecule has 1 N–H and O–H groups in total. The number of phenolic OH excluding ortho intramolecular Hbond substituents is 1. The molecular weight excluding hydrogens is 252 g/mol. The third kappa shape index (κ3) is 2.74. The fourth-order valence-corrected chi connectivity index (χ4v) is 1.50. The molecule has 0 heterocycles. The Morgan fingerprint density at radius 2 is 2.15 bits per heavy atom. The van der Waals surface area contributed by atoms with Gasteiger partial charge in [-0.15, -0.1) is 12.6 Å². The lowest BCUT2D eigenvalue weighted by Gasteiger charge is -2.04. The Morgan fingerprint density at radius 1 is 1.54 bits per heavy atom. The van der Waals surface area contributed by atoms with Crippen molar-refractivity contribution in [3.8, 4) is 5.75 Å². The number of carbonyl (C=O) groups excluding carboxylic acids is 1. The molecule has 0 saturated carbocycles. The van der Waals surface area contributed by atoms with Crippen molar-refractivity contribution >= 4 is 34.3 Å². The van der Waals surface area contributed by atoms with Crippen molar-refractivity contribution in [2.75, 3.05) is 0 Å². The molecule has 0 aliphatic heterocycles. The molecule has 0 fully saturated rings. The van der Waals surface area contributed by atoms with Crippen molar-refractivity contribution in [2.45, 2.75) is 16.6 Å². The van der Waals surface area contributed by atoms with E-state index < -0.39 is 0 Å². The number of rotatable bonds is 2. The zero-order chi connectivity index (χ0) is 10.0. The number of aromatic hydroxyl groups is 1. The molecule has 1 aromatic rings. The molecule has 2 nitrogen and oxygen atoms in total. The van der Waals surface area contributed by atoms with Gasteiger partial charge in [-0.25, -0.2) is 0 Å². The minimum Gasteiger partial charge on any atom is -0.508 e. The lowest BCUT2D eigenvalue weighted by molar-refractivity contribution is 0.0995. The molecule has 0 radical (unpaired) electrons. The number of benzene rings is 1. The van der Waals surface area contributed by atoms with E-state index in [1.807, 2.05) is 0 Å². The molecule has 0 spiro atoms. The van der Waals surface area contributed by atoms with Crippen LogP contribution in [0.25, 0.3) is 0 Å². The largest absolute Gasteiger partial charge is 0.508 e. The summed E-state index contributed by atoms with van der Waals surface area (Å²) in [7, 11) is 0. The second kappa shape index (κ2) is 4.15. The maximum Gasteiger partial charge on any atom is 0.176 e. The van der Waals surface area contributed by atoms with Crippen molar-refractivity contribution in [1.82, 2.24) is 0 Å².